The van der Waals surface area contributed by atoms with Crippen molar-refractivity contribution in [2.45, 2.75) is 13.5 Å². The zero-order chi connectivity index (χ0) is 20.3. The van der Waals surface area contributed by atoms with E-state index in [9.17, 15) is 14.4 Å². The number of hydrogen-bond acceptors (Lipinski definition) is 6. The van der Waals surface area contributed by atoms with Gasteiger partial charge in [-0.2, -0.15) is 0 Å². The number of furan rings is 1. The minimum absolute atomic E-state index is 0.0872. The topological polar surface area (TPSA) is 98.1 Å². The second kappa shape index (κ2) is 8.30. The van der Waals surface area contributed by atoms with Crippen LogP contribution >= 0.6 is 15.9 Å². The molecule has 1 aliphatic heterocycles. The molecule has 146 valence electrons. The Morgan fingerprint density at radius 3 is 2.68 bits per heavy atom. The number of carbonyl (C=O) groups excluding carboxylic acids is 3. The van der Waals surface area contributed by atoms with Gasteiger partial charge in [-0.3, -0.25) is 19.8 Å². The molecule has 3 rings (SSSR count). The van der Waals surface area contributed by atoms with E-state index in [0.717, 1.165) is 4.90 Å². The van der Waals surface area contributed by atoms with Gasteiger partial charge in [-0.15, -0.1) is 0 Å². The van der Waals surface area contributed by atoms with E-state index in [1.54, 1.807) is 24.3 Å². The molecule has 8 nitrogen and oxygen atoms in total. The summed E-state index contributed by atoms with van der Waals surface area (Å²) in [6, 6.07) is 5.80. The van der Waals surface area contributed by atoms with Crippen molar-refractivity contribution in [1.82, 2.24) is 10.2 Å². The van der Waals surface area contributed by atoms with Crippen molar-refractivity contribution in [3.8, 4) is 11.5 Å². The monoisotopic (exact) mass is 448 g/mol. The highest BCUT2D eigenvalue weighted by Gasteiger charge is 2.36. The SMILES string of the molecule is CCOc1cc(Br)c(C=C2C(=O)NC(=O)N(Cc3ccco3)C2=O)cc1OC. The average molecular weight is 449 g/mol. The van der Waals surface area contributed by atoms with Crippen LogP contribution in [0.4, 0.5) is 4.79 Å². The number of imide groups is 2. The summed E-state index contributed by atoms with van der Waals surface area (Å²) in [6.45, 7) is 2.21. The normalized spacial score (nSPS) is 15.8. The van der Waals surface area contributed by atoms with Crippen LogP contribution < -0.4 is 14.8 Å². The van der Waals surface area contributed by atoms with Crippen LogP contribution in [-0.4, -0.2) is 36.5 Å². The lowest BCUT2D eigenvalue weighted by Gasteiger charge is -2.25. The van der Waals surface area contributed by atoms with Crippen LogP contribution in [0.3, 0.4) is 0 Å². The van der Waals surface area contributed by atoms with E-state index in [4.69, 9.17) is 13.9 Å². The second-order valence-electron chi connectivity index (χ2n) is 5.75. The van der Waals surface area contributed by atoms with Crippen LogP contribution in [0, 0.1) is 0 Å². The third kappa shape index (κ3) is 3.94. The number of hydrogen-bond donors (Lipinski definition) is 1. The van der Waals surface area contributed by atoms with E-state index in [1.807, 2.05) is 6.92 Å². The minimum Gasteiger partial charge on any atom is -0.493 e. The second-order valence-corrected chi connectivity index (χ2v) is 6.60. The van der Waals surface area contributed by atoms with Crippen LogP contribution in [0.1, 0.15) is 18.2 Å². The van der Waals surface area contributed by atoms with Gasteiger partial charge in [0.05, 0.1) is 26.5 Å². The van der Waals surface area contributed by atoms with Gasteiger partial charge in [0.1, 0.15) is 11.3 Å². The highest BCUT2D eigenvalue weighted by atomic mass is 79.9. The molecule has 9 heteroatoms. The summed E-state index contributed by atoms with van der Waals surface area (Å²) in [4.78, 5) is 38.0. The summed E-state index contributed by atoms with van der Waals surface area (Å²) >= 11 is 3.40. The molecule has 1 fully saturated rings. The lowest BCUT2D eigenvalue weighted by molar-refractivity contribution is -0.130. The summed E-state index contributed by atoms with van der Waals surface area (Å²) in [5, 5.41) is 2.17. The molecule has 2 aromatic rings. The van der Waals surface area contributed by atoms with Crippen molar-refractivity contribution in [2.24, 2.45) is 0 Å². The van der Waals surface area contributed by atoms with Crippen molar-refractivity contribution in [3.63, 3.8) is 0 Å². The Hall–Kier alpha value is -3.07. The molecular weight excluding hydrogens is 432 g/mol. The number of rotatable bonds is 6. The van der Waals surface area contributed by atoms with Crippen molar-refractivity contribution >= 4 is 39.9 Å². The molecule has 2 heterocycles. The zero-order valence-corrected chi connectivity index (χ0v) is 16.7. The number of methoxy groups -OCH3 is 1. The van der Waals surface area contributed by atoms with Gasteiger partial charge in [0.25, 0.3) is 11.8 Å². The largest absolute Gasteiger partial charge is 0.493 e. The van der Waals surface area contributed by atoms with E-state index in [2.05, 4.69) is 21.2 Å². The fraction of sp³-hybridized carbons (Fsp3) is 0.211. The summed E-state index contributed by atoms with van der Waals surface area (Å²) in [5.74, 6) is -0.103. The van der Waals surface area contributed by atoms with Gasteiger partial charge < -0.3 is 13.9 Å². The number of nitrogens with one attached hydrogen (secondary N) is 1. The first-order valence-corrected chi connectivity index (χ1v) is 9.15. The molecule has 1 aromatic carbocycles. The lowest BCUT2D eigenvalue weighted by Crippen LogP contribution is -2.53. The van der Waals surface area contributed by atoms with E-state index >= 15 is 0 Å². The molecule has 0 saturated carbocycles. The maximum absolute atomic E-state index is 12.8. The fourth-order valence-corrected chi connectivity index (χ4v) is 3.08. The van der Waals surface area contributed by atoms with Crippen LogP contribution in [0.5, 0.6) is 11.5 Å². The summed E-state index contributed by atoms with van der Waals surface area (Å²) in [5.41, 5.74) is 0.337. The van der Waals surface area contributed by atoms with E-state index in [-0.39, 0.29) is 12.1 Å². The number of urea groups is 1. The molecule has 1 aliphatic rings. The summed E-state index contributed by atoms with van der Waals surface area (Å²) in [6.07, 6.45) is 2.83. The van der Waals surface area contributed by atoms with Crippen molar-refractivity contribution in [3.05, 3.63) is 51.9 Å². The number of amides is 4. The Balaban J connectivity index is 1.96. The fourth-order valence-electron chi connectivity index (χ4n) is 2.64. The number of ether oxygens (including phenoxy) is 2. The average Bonchev–Trinajstić information content (AvgIpc) is 3.17. The number of nitrogens with zero attached hydrogens (tertiary/aromatic N) is 1. The van der Waals surface area contributed by atoms with Gasteiger partial charge in [-0.05, 0) is 42.8 Å². The molecule has 0 bridgehead atoms. The first-order valence-electron chi connectivity index (χ1n) is 8.36. The predicted molar refractivity (Wildman–Crippen MR) is 103 cm³/mol. The number of halogens is 1. The molecule has 0 aliphatic carbocycles. The van der Waals surface area contributed by atoms with Gasteiger partial charge in [0.2, 0.25) is 0 Å². The molecule has 0 atom stereocenters. The van der Waals surface area contributed by atoms with Gasteiger partial charge in [0.15, 0.2) is 11.5 Å². The van der Waals surface area contributed by atoms with Gasteiger partial charge in [-0.25, -0.2) is 4.79 Å². The van der Waals surface area contributed by atoms with Crippen LogP contribution in [0.15, 0.2) is 45.0 Å². The first kappa shape index (κ1) is 19.7. The third-order valence-electron chi connectivity index (χ3n) is 3.96. The van der Waals surface area contributed by atoms with Crippen molar-refractivity contribution in [2.75, 3.05) is 13.7 Å². The minimum atomic E-state index is -0.799. The maximum atomic E-state index is 12.8. The quantitative estimate of drug-likeness (QED) is 0.538. The first-order chi connectivity index (χ1) is 13.4. The maximum Gasteiger partial charge on any atom is 0.331 e. The van der Waals surface area contributed by atoms with Crippen LogP contribution in [0.2, 0.25) is 0 Å². The zero-order valence-electron chi connectivity index (χ0n) is 15.2. The van der Waals surface area contributed by atoms with Crippen molar-refractivity contribution < 1.29 is 28.3 Å². The van der Waals surface area contributed by atoms with Gasteiger partial charge in [0, 0.05) is 4.47 Å². The van der Waals surface area contributed by atoms with E-state index in [0.29, 0.717) is 33.9 Å². The Morgan fingerprint density at radius 1 is 1.25 bits per heavy atom. The Labute approximate surface area is 169 Å². The number of barbiturate groups is 1. The van der Waals surface area contributed by atoms with E-state index < -0.39 is 17.8 Å². The third-order valence-corrected chi connectivity index (χ3v) is 4.65. The molecule has 28 heavy (non-hydrogen) atoms. The molecular formula is C19H17BrN2O6. The van der Waals surface area contributed by atoms with E-state index in [1.165, 1.54) is 19.4 Å². The molecule has 0 spiro atoms. The summed E-state index contributed by atoms with van der Waals surface area (Å²) < 4.78 is 16.6. The van der Waals surface area contributed by atoms with Crippen LogP contribution in [0.25, 0.3) is 6.08 Å². The summed E-state index contributed by atoms with van der Waals surface area (Å²) in [7, 11) is 1.49. The molecule has 1 saturated heterocycles. The number of carbonyl (C=O) groups is 3. The Bertz CT molecular complexity index is 952. The Morgan fingerprint density at radius 2 is 2.04 bits per heavy atom. The molecule has 0 radical (unpaired) electrons. The smallest absolute Gasteiger partial charge is 0.331 e. The number of benzene rings is 1. The molecule has 1 aromatic heterocycles. The highest BCUT2D eigenvalue weighted by molar-refractivity contribution is 9.10. The van der Waals surface area contributed by atoms with Crippen molar-refractivity contribution in [1.29, 1.82) is 0 Å². The van der Waals surface area contributed by atoms with Gasteiger partial charge >= 0.3 is 6.03 Å². The standard InChI is InChI=1S/C19H17BrN2O6/c1-3-27-16-9-14(20)11(8-15(16)26-2)7-13-17(23)21-19(25)22(18(13)24)10-12-5-4-6-28-12/h4-9H,3,10H2,1-2H3,(H,21,23,25). The molecule has 4 amide bonds. The Kier molecular flexibility index (Phi) is 5.84. The lowest BCUT2D eigenvalue weighted by atomic mass is 10.1. The molecule has 1 N–H and O–H groups in total. The molecule has 0 unspecified atom stereocenters. The van der Waals surface area contributed by atoms with Gasteiger partial charge in [-0.1, -0.05) is 15.9 Å². The predicted octanol–water partition coefficient (Wildman–Crippen LogP) is 3.11. The van der Waals surface area contributed by atoms with Crippen LogP contribution in [-0.2, 0) is 16.1 Å². The highest BCUT2D eigenvalue weighted by Crippen LogP contribution is 2.35.